The third-order valence-electron chi connectivity index (χ3n) is 4.14. The summed E-state index contributed by atoms with van der Waals surface area (Å²) < 4.78 is 43.8. The molecule has 6 nitrogen and oxygen atoms in total. The normalized spacial score (nSPS) is 15.8. The van der Waals surface area contributed by atoms with Gasteiger partial charge in [0.25, 0.3) is 11.1 Å². The lowest BCUT2D eigenvalue weighted by Gasteiger charge is -2.16. The van der Waals surface area contributed by atoms with Crippen LogP contribution < -0.4 is 10.1 Å². The van der Waals surface area contributed by atoms with Crippen LogP contribution in [0.15, 0.2) is 34.6 Å². The first-order valence-corrected chi connectivity index (χ1v) is 10.1. The number of amides is 3. The molecule has 11 heteroatoms. The molecule has 1 fully saturated rings. The molecule has 0 bridgehead atoms. The number of ether oxygens (including phenoxy) is 1. The fourth-order valence-electron chi connectivity index (χ4n) is 2.60. The maximum absolute atomic E-state index is 12.9. The summed E-state index contributed by atoms with van der Waals surface area (Å²) in [6.07, 6.45) is -3.03. The molecular weight excluding hydrogens is 441 g/mol. The summed E-state index contributed by atoms with van der Waals surface area (Å²) in [5.41, 5.74) is -0.241. The van der Waals surface area contributed by atoms with Crippen molar-refractivity contribution in [1.82, 2.24) is 4.90 Å². The van der Waals surface area contributed by atoms with Crippen LogP contribution in [-0.2, 0) is 15.8 Å². The Morgan fingerprint density at radius 1 is 1.27 bits per heavy atom. The smallest absolute Gasteiger partial charge is 0.416 e. The van der Waals surface area contributed by atoms with Crippen LogP contribution in [0.4, 0.5) is 23.7 Å². The number of hydrogen-bond acceptors (Lipinski definition) is 6. The maximum atomic E-state index is 12.9. The van der Waals surface area contributed by atoms with Crippen LogP contribution in [0.3, 0.4) is 0 Å². The number of carbonyl (C=O) groups excluding carboxylic acids is 3. The highest BCUT2D eigenvalue weighted by Crippen LogP contribution is 2.36. The topological polar surface area (TPSA) is 75.7 Å². The molecule has 1 N–H and O–H groups in total. The Balaban J connectivity index is 1.75. The van der Waals surface area contributed by atoms with Crippen molar-refractivity contribution in [3.63, 3.8) is 0 Å². The highest BCUT2D eigenvalue weighted by Gasteiger charge is 2.37. The van der Waals surface area contributed by atoms with Crippen LogP contribution in [0.1, 0.15) is 16.0 Å². The highest BCUT2D eigenvalue weighted by molar-refractivity contribution is 8.18. The lowest BCUT2D eigenvalue weighted by Crippen LogP contribution is -2.36. The van der Waals surface area contributed by atoms with Crippen molar-refractivity contribution in [2.75, 3.05) is 19.0 Å². The molecule has 0 unspecified atom stereocenters. The van der Waals surface area contributed by atoms with E-state index in [4.69, 9.17) is 4.74 Å². The highest BCUT2D eigenvalue weighted by atomic mass is 32.2. The van der Waals surface area contributed by atoms with E-state index in [2.05, 4.69) is 5.32 Å². The average Bonchev–Trinajstić information content (AvgIpc) is 3.19. The van der Waals surface area contributed by atoms with Gasteiger partial charge >= 0.3 is 6.18 Å². The summed E-state index contributed by atoms with van der Waals surface area (Å²) in [5.74, 6) is -1.45. The minimum atomic E-state index is -4.61. The van der Waals surface area contributed by atoms with Crippen LogP contribution in [0, 0.1) is 6.92 Å². The van der Waals surface area contributed by atoms with Gasteiger partial charge in [-0.1, -0.05) is 0 Å². The number of benzene rings is 1. The molecule has 1 aliphatic heterocycles. The molecule has 30 heavy (non-hydrogen) atoms. The molecule has 158 valence electrons. The molecule has 2 heterocycles. The van der Waals surface area contributed by atoms with Crippen molar-refractivity contribution in [3.8, 4) is 5.75 Å². The number of alkyl halides is 3. The zero-order chi connectivity index (χ0) is 22.1. The van der Waals surface area contributed by atoms with Gasteiger partial charge in [0.15, 0.2) is 0 Å². The average molecular weight is 456 g/mol. The second-order valence-corrected chi connectivity index (χ2v) is 8.14. The van der Waals surface area contributed by atoms with E-state index < -0.39 is 35.3 Å². The largest absolute Gasteiger partial charge is 0.495 e. The first kappa shape index (κ1) is 21.9. The van der Waals surface area contributed by atoms with E-state index in [1.54, 1.807) is 6.08 Å². The van der Waals surface area contributed by atoms with Gasteiger partial charge < -0.3 is 10.1 Å². The van der Waals surface area contributed by atoms with Crippen LogP contribution in [0.2, 0.25) is 0 Å². The van der Waals surface area contributed by atoms with Crippen molar-refractivity contribution < 1.29 is 32.3 Å². The summed E-state index contributed by atoms with van der Waals surface area (Å²) in [5, 5.41) is 3.49. The minimum Gasteiger partial charge on any atom is -0.495 e. The van der Waals surface area contributed by atoms with Crippen molar-refractivity contribution in [2.45, 2.75) is 13.1 Å². The lowest BCUT2D eigenvalue weighted by atomic mass is 10.1. The van der Waals surface area contributed by atoms with E-state index in [1.165, 1.54) is 18.4 Å². The van der Waals surface area contributed by atoms with Crippen LogP contribution >= 0.6 is 23.1 Å². The van der Waals surface area contributed by atoms with Gasteiger partial charge in [-0.05, 0) is 60.0 Å². The van der Waals surface area contributed by atoms with E-state index >= 15 is 0 Å². The van der Waals surface area contributed by atoms with E-state index in [0.29, 0.717) is 11.8 Å². The number of anilines is 1. The van der Waals surface area contributed by atoms with Gasteiger partial charge in [0.1, 0.15) is 12.3 Å². The van der Waals surface area contributed by atoms with Gasteiger partial charge in [-0.15, -0.1) is 11.3 Å². The molecule has 0 radical (unpaired) electrons. The SMILES string of the molecule is COc1ccc(C(F)(F)F)cc1NC(=O)CN1C(=O)S/C(=C\c2sccc2C)C1=O. The molecule has 3 amide bonds. The number of carbonyl (C=O) groups is 3. The Kier molecular flexibility index (Phi) is 6.22. The lowest BCUT2D eigenvalue weighted by molar-refractivity contribution is -0.137. The molecule has 1 aromatic carbocycles. The molecule has 1 saturated heterocycles. The molecule has 1 aromatic heterocycles. The number of halogens is 3. The number of nitrogens with zero attached hydrogens (tertiary/aromatic N) is 1. The summed E-state index contributed by atoms with van der Waals surface area (Å²) in [4.78, 5) is 38.8. The van der Waals surface area contributed by atoms with Gasteiger partial charge in [0.05, 0.1) is 23.3 Å². The number of thioether (sulfide) groups is 1. The Morgan fingerprint density at radius 3 is 2.60 bits per heavy atom. The molecule has 0 aliphatic carbocycles. The van der Waals surface area contributed by atoms with Gasteiger partial charge in [-0.2, -0.15) is 13.2 Å². The first-order valence-electron chi connectivity index (χ1n) is 8.44. The first-order chi connectivity index (χ1) is 14.1. The quantitative estimate of drug-likeness (QED) is 0.657. The van der Waals surface area contributed by atoms with E-state index in [0.717, 1.165) is 33.5 Å². The van der Waals surface area contributed by atoms with Gasteiger partial charge in [0.2, 0.25) is 5.91 Å². The Morgan fingerprint density at radius 2 is 2.00 bits per heavy atom. The summed E-state index contributed by atoms with van der Waals surface area (Å²) >= 11 is 2.11. The predicted octanol–water partition coefficient (Wildman–Crippen LogP) is 4.76. The fourth-order valence-corrected chi connectivity index (χ4v) is 4.36. The van der Waals surface area contributed by atoms with Crippen molar-refractivity contribution in [1.29, 1.82) is 0 Å². The second kappa shape index (κ2) is 8.52. The van der Waals surface area contributed by atoms with E-state index in [1.807, 2.05) is 18.4 Å². The van der Waals surface area contributed by atoms with Crippen molar-refractivity contribution in [2.24, 2.45) is 0 Å². The summed E-state index contributed by atoms with van der Waals surface area (Å²) in [6.45, 7) is 1.23. The number of rotatable bonds is 5. The third kappa shape index (κ3) is 4.68. The minimum absolute atomic E-state index is 0.0126. The molecule has 2 aromatic rings. The second-order valence-electron chi connectivity index (χ2n) is 6.20. The zero-order valence-electron chi connectivity index (χ0n) is 15.7. The third-order valence-corrected chi connectivity index (χ3v) is 6.01. The molecule has 0 atom stereocenters. The van der Waals surface area contributed by atoms with Gasteiger partial charge in [-0.3, -0.25) is 19.3 Å². The number of methoxy groups -OCH3 is 1. The predicted molar refractivity (Wildman–Crippen MR) is 108 cm³/mol. The Labute approximate surface area is 177 Å². The van der Waals surface area contributed by atoms with Crippen LogP contribution in [-0.4, -0.2) is 35.6 Å². The standard InChI is InChI=1S/C19H15F3N2O4S2/c1-10-5-6-29-14(10)8-15-17(26)24(18(27)30-15)9-16(25)23-12-7-11(19(20,21)22)3-4-13(12)28-2/h3-8H,9H2,1-2H3,(H,23,25)/b15-8-. The molecule has 0 spiro atoms. The molecule has 3 rings (SSSR count). The van der Waals surface area contributed by atoms with Crippen LogP contribution in [0.5, 0.6) is 5.75 Å². The van der Waals surface area contributed by atoms with Gasteiger partial charge in [0, 0.05) is 4.88 Å². The number of imide groups is 1. The van der Waals surface area contributed by atoms with Crippen molar-refractivity contribution in [3.05, 3.63) is 50.6 Å². The monoisotopic (exact) mass is 456 g/mol. The molecular formula is C19H15F3N2O4S2. The van der Waals surface area contributed by atoms with Gasteiger partial charge in [-0.25, -0.2) is 0 Å². The molecule has 0 saturated carbocycles. The number of hydrogen-bond donors (Lipinski definition) is 1. The zero-order valence-corrected chi connectivity index (χ0v) is 17.3. The number of thiophene rings is 1. The maximum Gasteiger partial charge on any atom is 0.416 e. The molecule has 1 aliphatic rings. The summed E-state index contributed by atoms with van der Waals surface area (Å²) in [7, 11) is 1.24. The number of aryl methyl sites for hydroxylation is 1. The van der Waals surface area contributed by atoms with E-state index in [9.17, 15) is 27.6 Å². The van der Waals surface area contributed by atoms with Crippen molar-refractivity contribution >= 4 is 51.9 Å². The van der Waals surface area contributed by atoms with E-state index in [-0.39, 0.29) is 16.3 Å². The van der Waals surface area contributed by atoms with Crippen LogP contribution in [0.25, 0.3) is 6.08 Å². The fraction of sp³-hybridized carbons (Fsp3) is 0.211. The summed E-state index contributed by atoms with van der Waals surface area (Å²) in [6, 6.07) is 4.49. The Hall–Kier alpha value is -2.79. The number of nitrogens with one attached hydrogen (secondary N) is 1. The Bertz CT molecular complexity index is 1050.